The SMILES string of the molecule is CN=C(NCCC(F)(F)F)NCCS(=O)(=O)C(C)(C)C.I. The van der Waals surface area contributed by atoms with Crippen molar-refractivity contribution in [2.75, 3.05) is 25.9 Å². The van der Waals surface area contributed by atoms with Crippen LogP contribution in [0.1, 0.15) is 27.2 Å². The van der Waals surface area contributed by atoms with Gasteiger partial charge in [-0.2, -0.15) is 13.2 Å². The third kappa shape index (κ3) is 10.1. The molecule has 0 saturated carbocycles. The molecule has 0 aliphatic rings. The van der Waals surface area contributed by atoms with Crippen LogP contribution >= 0.6 is 24.0 Å². The number of rotatable bonds is 5. The number of halogens is 4. The van der Waals surface area contributed by atoms with E-state index >= 15 is 0 Å². The maximum absolute atomic E-state index is 12.0. The Bertz CT molecular complexity index is 431. The highest BCUT2D eigenvalue weighted by molar-refractivity contribution is 14.0. The van der Waals surface area contributed by atoms with Gasteiger partial charge in [0.1, 0.15) is 0 Å². The van der Waals surface area contributed by atoms with E-state index in [0.29, 0.717) is 0 Å². The molecule has 0 aliphatic carbocycles. The average molecular weight is 445 g/mol. The zero-order valence-electron chi connectivity index (χ0n) is 12.5. The summed E-state index contributed by atoms with van der Waals surface area (Å²) in [6, 6.07) is 0. The number of alkyl halides is 3. The fourth-order valence-electron chi connectivity index (χ4n) is 1.15. The highest BCUT2D eigenvalue weighted by atomic mass is 127. The number of hydrogen-bond donors (Lipinski definition) is 2. The highest BCUT2D eigenvalue weighted by Crippen LogP contribution is 2.18. The van der Waals surface area contributed by atoms with E-state index in [-0.39, 0.29) is 48.8 Å². The molecule has 0 aromatic heterocycles. The van der Waals surface area contributed by atoms with Crippen LogP contribution in [0.4, 0.5) is 13.2 Å². The topological polar surface area (TPSA) is 70.6 Å². The van der Waals surface area contributed by atoms with Crippen LogP contribution in [-0.2, 0) is 9.84 Å². The van der Waals surface area contributed by atoms with Crippen molar-refractivity contribution in [1.82, 2.24) is 10.6 Å². The van der Waals surface area contributed by atoms with Crippen molar-refractivity contribution in [2.24, 2.45) is 4.99 Å². The van der Waals surface area contributed by atoms with Crippen molar-refractivity contribution < 1.29 is 21.6 Å². The van der Waals surface area contributed by atoms with Gasteiger partial charge in [-0.15, -0.1) is 24.0 Å². The first-order valence-corrected chi connectivity index (χ1v) is 7.78. The standard InChI is InChI=1S/C11H22F3N3O2S.HI/c1-10(2,3)20(18,19)8-7-17-9(15-4)16-6-5-11(12,13)14;/h5-8H2,1-4H3,(H2,15,16,17);1H. The molecule has 0 radical (unpaired) electrons. The van der Waals surface area contributed by atoms with Gasteiger partial charge in [0.2, 0.25) is 0 Å². The molecule has 0 fully saturated rings. The van der Waals surface area contributed by atoms with Gasteiger partial charge in [-0.05, 0) is 20.8 Å². The Balaban J connectivity index is 0. The van der Waals surface area contributed by atoms with Gasteiger partial charge in [0.15, 0.2) is 15.8 Å². The van der Waals surface area contributed by atoms with E-state index in [1.54, 1.807) is 20.8 Å². The maximum atomic E-state index is 12.0. The van der Waals surface area contributed by atoms with Crippen LogP contribution in [0, 0.1) is 0 Å². The molecule has 0 rings (SSSR count). The van der Waals surface area contributed by atoms with Crippen molar-refractivity contribution in [3.8, 4) is 0 Å². The van der Waals surface area contributed by atoms with E-state index in [1.807, 2.05) is 0 Å². The summed E-state index contributed by atoms with van der Waals surface area (Å²) < 4.78 is 58.7. The summed E-state index contributed by atoms with van der Waals surface area (Å²) >= 11 is 0. The van der Waals surface area contributed by atoms with Crippen LogP contribution in [0.3, 0.4) is 0 Å². The van der Waals surface area contributed by atoms with Crippen LogP contribution in [0.2, 0.25) is 0 Å². The van der Waals surface area contributed by atoms with Gasteiger partial charge >= 0.3 is 6.18 Å². The van der Waals surface area contributed by atoms with Crippen LogP contribution in [0.15, 0.2) is 4.99 Å². The minimum Gasteiger partial charge on any atom is -0.356 e. The molecular formula is C11H23F3IN3O2S. The van der Waals surface area contributed by atoms with Crippen LogP contribution in [-0.4, -0.2) is 51.2 Å². The third-order valence-electron chi connectivity index (χ3n) is 2.52. The normalized spacial score (nSPS) is 13.6. The summed E-state index contributed by atoms with van der Waals surface area (Å²) in [6.07, 6.45) is -5.21. The second-order valence-electron chi connectivity index (χ2n) is 5.22. The lowest BCUT2D eigenvalue weighted by Gasteiger charge is -2.19. The van der Waals surface area contributed by atoms with E-state index in [4.69, 9.17) is 0 Å². The summed E-state index contributed by atoms with van der Waals surface area (Å²) in [7, 11) is -1.87. The predicted octanol–water partition coefficient (Wildman–Crippen LogP) is 1.94. The van der Waals surface area contributed by atoms with Gasteiger partial charge < -0.3 is 10.6 Å². The van der Waals surface area contributed by atoms with E-state index in [0.717, 1.165) is 0 Å². The van der Waals surface area contributed by atoms with Crippen molar-refractivity contribution >= 4 is 39.8 Å². The van der Waals surface area contributed by atoms with Crippen LogP contribution in [0.5, 0.6) is 0 Å². The Morgan fingerprint density at radius 3 is 1.95 bits per heavy atom. The van der Waals surface area contributed by atoms with E-state index in [2.05, 4.69) is 15.6 Å². The quantitative estimate of drug-likeness (QED) is 0.386. The van der Waals surface area contributed by atoms with Crippen molar-refractivity contribution in [3.63, 3.8) is 0 Å². The smallest absolute Gasteiger partial charge is 0.356 e. The Morgan fingerprint density at radius 1 is 1.10 bits per heavy atom. The molecule has 0 aliphatic heterocycles. The fraction of sp³-hybridized carbons (Fsp3) is 0.909. The number of sulfone groups is 1. The first-order valence-electron chi connectivity index (χ1n) is 6.12. The summed E-state index contributed by atoms with van der Waals surface area (Å²) in [5.74, 6) is 0.0366. The van der Waals surface area contributed by atoms with Gasteiger partial charge in [0.05, 0.1) is 16.9 Å². The molecule has 5 nitrogen and oxygen atoms in total. The molecule has 0 bridgehead atoms. The second kappa shape index (κ2) is 9.01. The number of nitrogens with one attached hydrogen (secondary N) is 2. The molecule has 2 N–H and O–H groups in total. The first kappa shape index (κ1) is 23.0. The monoisotopic (exact) mass is 445 g/mol. The molecule has 0 aromatic rings. The number of nitrogens with zero attached hydrogens (tertiary/aromatic N) is 1. The van der Waals surface area contributed by atoms with Crippen LogP contribution in [0.25, 0.3) is 0 Å². The number of aliphatic imine (C=N–C) groups is 1. The van der Waals surface area contributed by atoms with Gasteiger partial charge in [0.25, 0.3) is 0 Å². The van der Waals surface area contributed by atoms with Gasteiger partial charge in [0, 0.05) is 20.1 Å². The molecule has 0 atom stereocenters. The fourth-order valence-corrected chi connectivity index (χ4v) is 2.14. The van der Waals surface area contributed by atoms with Gasteiger partial charge in [-0.3, -0.25) is 4.99 Å². The van der Waals surface area contributed by atoms with E-state index in [9.17, 15) is 21.6 Å². The largest absolute Gasteiger partial charge is 0.390 e. The Hall–Kier alpha value is -0.260. The van der Waals surface area contributed by atoms with Crippen molar-refractivity contribution in [3.05, 3.63) is 0 Å². The van der Waals surface area contributed by atoms with E-state index in [1.165, 1.54) is 7.05 Å². The molecular weight excluding hydrogens is 422 g/mol. The highest BCUT2D eigenvalue weighted by Gasteiger charge is 2.28. The molecule has 0 saturated heterocycles. The van der Waals surface area contributed by atoms with Crippen LogP contribution < -0.4 is 10.6 Å². The van der Waals surface area contributed by atoms with Crippen molar-refractivity contribution in [1.29, 1.82) is 0 Å². The summed E-state index contributed by atoms with van der Waals surface area (Å²) in [5.41, 5.74) is 0. The zero-order valence-corrected chi connectivity index (χ0v) is 15.7. The molecule has 10 heteroatoms. The summed E-state index contributed by atoms with van der Waals surface area (Å²) in [6.45, 7) is 4.57. The predicted molar refractivity (Wildman–Crippen MR) is 89.0 cm³/mol. The average Bonchev–Trinajstić information content (AvgIpc) is 2.23. The first-order chi connectivity index (χ1) is 8.89. The molecule has 128 valence electrons. The summed E-state index contributed by atoms with van der Waals surface area (Å²) in [4.78, 5) is 3.72. The minimum absolute atomic E-state index is 0. The summed E-state index contributed by atoms with van der Waals surface area (Å²) in [5, 5.41) is 5.15. The Labute approximate surface area is 141 Å². The second-order valence-corrected chi connectivity index (χ2v) is 8.08. The molecule has 0 unspecified atom stereocenters. The molecule has 0 amide bonds. The third-order valence-corrected chi connectivity index (χ3v) is 5.13. The van der Waals surface area contributed by atoms with Gasteiger partial charge in [-0.25, -0.2) is 8.42 Å². The van der Waals surface area contributed by atoms with Gasteiger partial charge in [-0.1, -0.05) is 0 Å². The molecule has 0 spiro atoms. The zero-order chi connectivity index (χ0) is 16.0. The molecule has 0 aromatic carbocycles. The number of guanidine groups is 1. The molecule has 0 heterocycles. The van der Waals surface area contributed by atoms with E-state index < -0.39 is 27.2 Å². The minimum atomic E-state index is -4.23. The lowest BCUT2D eigenvalue weighted by atomic mass is 10.3. The Kier molecular flexibility index (Phi) is 9.87. The molecule has 21 heavy (non-hydrogen) atoms. The maximum Gasteiger partial charge on any atom is 0.390 e. The Morgan fingerprint density at radius 2 is 1.57 bits per heavy atom. The lowest BCUT2D eigenvalue weighted by molar-refractivity contribution is -0.132. The van der Waals surface area contributed by atoms with Crippen molar-refractivity contribution in [2.45, 2.75) is 38.1 Å². The lowest BCUT2D eigenvalue weighted by Crippen LogP contribution is -2.42. The number of hydrogen-bond acceptors (Lipinski definition) is 3.